The molecule has 28 heavy (non-hydrogen) atoms. The van der Waals surface area contributed by atoms with Gasteiger partial charge in [-0.3, -0.25) is 4.31 Å². The largest absolute Gasteiger partial charge is 0.497 e. The third-order valence-electron chi connectivity index (χ3n) is 4.28. The second-order valence-electron chi connectivity index (χ2n) is 6.26. The first-order valence-electron chi connectivity index (χ1n) is 8.48. The van der Waals surface area contributed by atoms with Crippen LogP contribution in [0, 0.1) is 18.6 Å². The van der Waals surface area contributed by atoms with Gasteiger partial charge in [-0.1, -0.05) is 29.8 Å². The molecule has 0 bridgehead atoms. The van der Waals surface area contributed by atoms with E-state index in [1.807, 2.05) is 6.92 Å². The Kier molecular flexibility index (Phi) is 5.65. The Morgan fingerprint density at radius 3 is 2.32 bits per heavy atom. The topological polar surface area (TPSA) is 46.6 Å². The van der Waals surface area contributed by atoms with Crippen LogP contribution >= 0.6 is 0 Å². The highest BCUT2D eigenvalue weighted by Gasteiger charge is 2.26. The summed E-state index contributed by atoms with van der Waals surface area (Å²) >= 11 is 0. The van der Waals surface area contributed by atoms with E-state index in [0.717, 1.165) is 22.0 Å². The monoisotopic (exact) mass is 403 g/mol. The molecule has 0 unspecified atom stereocenters. The molecule has 0 spiro atoms. The normalized spacial score (nSPS) is 11.3. The number of hydrogen-bond donors (Lipinski definition) is 0. The Labute approximate surface area is 163 Å². The van der Waals surface area contributed by atoms with Crippen LogP contribution in [0.5, 0.6) is 5.75 Å². The maximum absolute atomic E-state index is 14.2. The average molecular weight is 403 g/mol. The van der Waals surface area contributed by atoms with Crippen LogP contribution in [0.25, 0.3) is 0 Å². The molecule has 0 atom stereocenters. The Bertz CT molecular complexity index is 1080. The molecule has 0 radical (unpaired) electrons. The molecular weight excluding hydrogens is 384 g/mol. The fraction of sp³-hybridized carbons (Fsp3) is 0.143. The van der Waals surface area contributed by atoms with Gasteiger partial charge in [-0.15, -0.1) is 0 Å². The van der Waals surface area contributed by atoms with Gasteiger partial charge in [0, 0.05) is 17.7 Å². The first kappa shape index (κ1) is 19.8. The zero-order valence-electron chi connectivity index (χ0n) is 15.4. The van der Waals surface area contributed by atoms with Crippen LogP contribution in [0.2, 0.25) is 0 Å². The Morgan fingerprint density at radius 2 is 1.68 bits per heavy atom. The molecule has 0 aliphatic heterocycles. The van der Waals surface area contributed by atoms with Crippen molar-refractivity contribution in [3.05, 3.63) is 89.5 Å². The molecule has 3 aromatic carbocycles. The van der Waals surface area contributed by atoms with Gasteiger partial charge in [-0.25, -0.2) is 17.2 Å². The van der Waals surface area contributed by atoms with Gasteiger partial charge in [0.15, 0.2) is 0 Å². The Morgan fingerprint density at radius 1 is 0.964 bits per heavy atom. The zero-order valence-corrected chi connectivity index (χ0v) is 16.2. The minimum Gasteiger partial charge on any atom is -0.497 e. The summed E-state index contributed by atoms with van der Waals surface area (Å²) in [4.78, 5) is 0.00921. The predicted octanol–water partition coefficient (Wildman–Crippen LogP) is 4.68. The van der Waals surface area contributed by atoms with E-state index in [1.54, 1.807) is 36.4 Å². The molecule has 3 rings (SSSR count). The van der Waals surface area contributed by atoms with E-state index >= 15 is 0 Å². The second kappa shape index (κ2) is 7.98. The maximum atomic E-state index is 14.2. The van der Waals surface area contributed by atoms with Crippen molar-refractivity contribution < 1.29 is 21.9 Å². The average Bonchev–Trinajstić information content (AvgIpc) is 2.68. The van der Waals surface area contributed by atoms with Gasteiger partial charge in [-0.2, -0.15) is 0 Å². The fourth-order valence-corrected chi connectivity index (χ4v) is 4.20. The van der Waals surface area contributed by atoms with Crippen molar-refractivity contribution in [2.45, 2.75) is 18.4 Å². The number of anilines is 1. The van der Waals surface area contributed by atoms with Crippen molar-refractivity contribution in [2.75, 3.05) is 11.4 Å². The number of nitrogens with zero attached hydrogens (tertiary/aromatic N) is 1. The maximum Gasteiger partial charge on any atom is 0.264 e. The summed E-state index contributed by atoms with van der Waals surface area (Å²) in [5, 5.41) is 0. The first-order valence-corrected chi connectivity index (χ1v) is 9.92. The van der Waals surface area contributed by atoms with E-state index in [2.05, 4.69) is 0 Å². The molecule has 0 saturated heterocycles. The summed E-state index contributed by atoms with van der Waals surface area (Å²) < 4.78 is 60.4. The molecule has 0 aliphatic carbocycles. The zero-order chi connectivity index (χ0) is 20.3. The van der Waals surface area contributed by atoms with Crippen molar-refractivity contribution in [2.24, 2.45) is 0 Å². The fourth-order valence-electron chi connectivity index (χ4n) is 2.72. The minimum absolute atomic E-state index is 0.00921. The van der Waals surface area contributed by atoms with Crippen LogP contribution in [-0.4, -0.2) is 15.5 Å². The van der Waals surface area contributed by atoms with E-state index in [-0.39, 0.29) is 17.0 Å². The van der Waals surface area contributed by atoms with Crippen molar-refractivity contribution in [1.29, 1.82) is 0 Å². The van der Waals surface area contributed by atoms with E-state index in [4.69, 9.17) is 4.74 Å². The highest BCUT2D eigenvalue weighted by Crippen LogP contribution is 2.28. The van der Waals surface area contributed by atoms with Crippen LogP contribution in [-0.2, 0) is 16.6 Å². The summed E-state index contributed by atoms with van der Waals surface area (Å²) in [6, 6.07) is 16.0. The third kappa shape index (κ3) is 4.14. The molecule has 146 valence electrons. The van der Waals surface area contributed by atoms with Gasteiger partial charge >= 0.3 is 0 Å². The molecule has 0 amide bonds. The lowest BCUT2D eigenvalue weighted by atomic mass is 10.2. The van der Waals surface area contributed by atoms with Crippen molar-refractivity contribution in [3.8, 4) is 5.75 Å². The highest BCUT2D eigenvalue weighted by molar-refractivity contribution is 7.92. The number of rotatable bonds is 6. The number of ether oxygens (including phenoxy) is 1. The summed E-state index contributed by atoms with van der Waals surface area (Å²) in [5.41, 5.74) is 1.39. The lowest BCUT2D eigenvalue weighted by molar-refractivity contribution is 0.413. The third-order valence-corrected chi connectivity index (χ3v) is 6.05. The molecule has 7 heteroatoms. The number of halogens is 2. The van der Waals surface area contributed by atoms with Crippen LogP contribution in [0.15, 0.2) is 71.6 Å². The van der Waals surface area contributed by atoms with Crippen molar-refractivity contribution in [1.82, 2.24) is 0 Å². The van der Waals surface area contributed by atoms with Gasteiger partial charge in [0.05, 0.1) is 24.2 Å². The van der Waals surface area contributed by atoms with Crippen molar-refractivity contribution >= 4 is 15.7 Å². The van der Waals surface area contributed by atoms with Gasteiger partial charge in [0.2, 0.25) is 0 Å². The number of aryl methyl sites for hydroxylation is 1. The molecule has 0 fully saturated rings. The molecule has 0 N–H and O–H groups in total. The van der Waals surface area contributed by atoms with Gasteiger partial charge in [-0.05, 0) is 37.3 Å². The van der Waals surface area contributed by atoms with E-state index in [0.29, 0.717) is 11.4 Å². The quantitative estimate of drug-likeness (QED) is 0.601. The number of methoxy groups -OCH3 is 1. The number of hydrogen-bond acceptors (Lipinski definition) is 3. The Hall–Kier alpha value is -2.93. The first-order chi connectivity index (χ1) is 13.3. The summed E-state index contributed by atoms with van der Waals surface area (Å²) in [6.07, 6.45) is 0. The van der Waals surface area contributed by atoms with E-state index < -0.39 is 21.7 Å². The van der Waals surface area contributed by atoms with Crippen LogP contribution in [0.3, 0.4) is 0 Å². The SMILES string of the molecule is COc1cccc(S(=O)(=O)N(Cc2ccc(F)cc2F)c2ccc(C)cc2)c1. The molecule has 4 nitrogen and oxygen atoms in total. The summed E-state index contributed by atoms with van der Waals surface area (Å²) in [5.74, 6) is -1.14. The number of sulfonamides is 1. The lowest BCUT2D eigenvalue weighted by Gasteiger charge is -2.25. The molecular formula is C21H19F2NO3S. The van der Waals surface area contributed by atoms with E-state index in [9.17, 15) is 17.2 Å². The molecule has 0 aromatic heterocycles. The minimum atomic E-state index is -4.03. The highest BCUT2D eigenvalue weighted by atomic mass is 32.2. The van der Waals surface area contributed by atoms with Crippen LogP contribution < -0.4 is 9.04 Å². The number of benzene rings is 3. The lowest BCUT2D eigenvalue weighted by Crippen LogP contribution is -2.31. The van der Waals surface area contributed by atoms with E-state index in [1.165, 1.54) is 25.3 Å². The van der Waals surface area contributed by atoms with Gasteiger partial charge in [0.25, 0.3) is 10.0 Å². The smallest absolute Gasteiger partial charge is 0.264 e. The van der Waals surface area contributed by atoms with Gasteiger partial charge < -0.3 is 4.74 Å². The predicted molar refractivity (Wildman–Crippen MR) is 104 cm³/mol. The summed E-state index contributed by atoms with van der Waals surface area (Å²) in [7, 11) is -2.59. The van der Waals surface area contributed by atoms with Crippen LogP contribution in [0.1, 0.15) is 11.1 Å². The Balaban J connectivity index is 2.10. The second-order valence-corrected chi connectivity index (χ2v) is 8.12. The molecule has 0 aliphatic rings. The van der Waals surface area contributed by atoms with Crippen LogP contribution in [0.4, 0.5) is 14.5 Å². The molecule has 3 aromatic rings. The molecule has 0 saturated carbocycles. The van der Waals surface area contributed by atoms with Crippen molar-refractivity contribution in [3.63, 3.8) is 0 Å². The van der Waals surface area contributed by atoms with Gasteiger partial charge in [0.1, 0.15) is 17.4 Å². The summed E-state index contributed by atoms with van der Waals surface area (Å²) in [6.45, 7) is 1.60. The molecule has 0 heterocycles. The standard InChI is InChI=1S/C21H19F2NO3S/c1-15-6-10-18(11-7-15)24(14-16-8-9-17(22)12-21(16)23)28(25,26)20-5-3-4-19(13-20)27-2/h3-13H,14H2,1-2H3.